The topological polar surface area (TPSA) is 37.4 Å². The van der Waals surface area contributed by atoms with Gasteiger partial charge in [0.05, 0.1) is 11.8 Å². The first-order valence-electron chi connectivity index (χ1n) is 11.4. The summed E-state index contributed by atoms with van der Waals surface area (Å²) in [6, 6.07) is 13.4. The van der Waals surface area contributed by atoms with Crippen molar-refractivity contribution in [3.8, 4) is 5.75 Å². The Kier molecular flexibility index (Phi) is 6.03. The van der Waals surface area contributed by atoms with Crippen molar-refractivity contribution in [2.75, 3.05) is 31.6 Å². The predicted octanol–water partition coefficient (Wildman–Crippen LogP) is 4.46. The molecular weight excluding hydrogens is 390 g/mol. The third-order valence-electron chi connectivity index (χ3n) is 7.11. The highest BCUT2D eigenvalue weighted by molar-refractivity contribution is 7.98. The van der Waals surface area contributed by atoms with Crippen LogP contribution in [-0.2, 0) is 13.0 Å². The second-order valence-electron chi connectivity index (χ2n) is 9.28. The summed E-state index contributed by atoms with van der Waals surface area (Å²) >= 11 is 1.94. The maximum atomic E-state index is 6.62. The minimum Gasteiger partial charge on any atom is -0.490 e. The lowest BCUT2D eigenvalue weighted by atomic mass is 9.63. The maximum Gasteiger partial charge on any atom is 0.127 e. The van der Waals surface area contributed by atoms with E-state index >= 15 is 0 Å². The summed E-state index contributed by atoms with van der Waals surface area (Å²) in [5.74, 6) is 2.30. The Morgan fingerprint density at radius 2 is 2.03 bits per heavy atom. The number of benzene rings is 1. The molecule has 30 heavy (non-hydrogen) atoms. The molecule has 2 aromatic rings. The monoisotopic (exact) mass is 423 g/mol. The lowest BCUT2D eigenvalue weighted by molar-refractivity contribution is -0.0506. The number of hydrogen-bond donors (Lipinski definition) is 1. The number of pyridine rings is 1. The van der Waals surface area contributed by atoms with Crippen molar-refractivity contribution in [1.82, 2.24) is 15.2 Å². The number of aromatic nitrogens is 1. The van der Waals surface area contributed by atoms with Gasteiger partial charge in [0, 0.05) is 55.8 Å². The fraction of sp³-hybridized carbons (Fsp3) is 0.560. The van der Waals surface area contributed by atoms with E-state index < -0.39 is 0 Å². The van der Waals surface area contributed by atoms with Gasteiger partial charge in [0.15, 0.2) is 0 Å². The van der Waals surface area contributed by atoms with Crippen LogP contribution in [0.4, 0.5) is 0 Å². The summed E-state index contributed by atoms with van der Waals surface area (Å²) in [5.41, 5.74) is 4.55. The van der Waals surface area contributed by atoms with Crippen molar-refractivity contribution in [3.63, 3.8) is 0 Å². The van der Waals surface area contributed by atoms with Gasteiger partial charge in [-0.25, -0.2) is 0 Å². The smallest absolute Gasteiger partial charge is 0.127 e. The molecule has 1 spiro atoms. The third kappa shape index (κ3) is 4.12. The molecule has 0 bridgehead atoms. The van der Waals surface area contributed by atoms with Gasteiger partial charge in [-0.2, -0.15) is 11.8 Å². The zero-order chi connectivity index (χ0) is 20.4. The first kappa shape index (κ1) is 20.3. The van der Waals surface area contributed by atoms with Gasteiger partial charge < -0.3 is 10.1 Å². The van der Waals surface area contributed by atoms with Crippen LogP contribution >= 0.6 is 11.8 Å². The molecule has 2 aliphatic heterocycles. The summed E-state index contributed by atoms with van der Waals surface area (Å²) in [6.07, 6.45) is 10.3. The number of thioether (sulfide) groups is 1. The lowest BCUT2D eigenvalue weighted by Gasteiger charge is -2.54. The maximum absolute atomic E-state index is 6.62. The molecule has 1 aromatic heterocycles. The Bertz CT molecular complexity index is 847. The number of nitrogens with zero attached hydrogens (tertiary/aromatic N) is 2. The summed E-state index contributed by atoms with van der Waals surface area (Å²) in [4.78, 5) is 7.44. The molecule has 4 nitrogen and oxygen atoms in total. The van der Waals surface area contributed by atoms with Crippen molar-refractivity contribution >= 4 is 11.8 Å². The lowest BCUT2D eigenvalue weighted by Crippen LogP contribution is -2.62. The van der Waals surface area contributed by atoms with Crippen LogP contribution in [0.5, 0.6) is 5.75 Å². The molecule has 2 fully saturated rings. The highest BCUT2D eigenvalue weighted by atomic mass is 32.2. The first-order chi connectivity index (χ1) is 14.8. The number of fused-ring (bicyclic) bond motifs is 1. The largest absolute Gasteiger partial charge is 0.490 e. The number of rotatable bonds is 8. The van der Waals surface area contributed by atoms with E-state index in [9.17, 15) is 0 Å². The first-order valence-corrected chi connectivity index (χ1v) is 12.8. The molecule has 1 saturated heterocycles. The van der Waals surface area contributed by atoms with Crippen LogP contribution in [0.25, 0.3) is 0 Å². The van der Waals surface area contributed by atoms with E-state index in [0.717, 1.165) is 25.3 Å². The molecule has 1 saturated carbocycles. The quantitative estimate of drug-likeness (QED) is 0.635. The Morgan fingerprint density at radius 1 is 1.20 bits per heavy atom. The predicted molar refractivity (Wildman–Crippen MR) is 124 cm³/mol. The Hall–Kier alpha value is -1.56. The standard InChI is InChI=1S/C25H33N3OS/c1-30-13-5-8-22-24-21(10-12-28(22)16-19-6-3-2-4-7-19)27-11-9-23(24)29-20-14-25(15-20)17-26-18-25/h2-4,6-7,9,11,20,22,26H,5,8,10,12-18H2,1H3. The van der Waals surface area contributed by atoms with Crippen LogP contribution in [0, 0.1) is 5.41 Å². The molecule has 5 heteroatoms. The zero-order valence-corrected chi connectivity index (χ0v) is 18.8. The van der Waals surface area contributed by atoms with Crippen LogP contribution in [0.15, 0.2) is 42.6 Å². The molecule has 0 amide bonds. The molecule has 1 atom stereocenters. The van der Waals surface area contributed by atoms with E-state index in [1.54, 1.807) is 0 Å². The van der Waals surface area contributed by atoms with Crippen LogP contribution in [0.1, 0.15) is 48.5 Å². The Balaban J connectivity index is 1.37. The molecule has 3 aliphatic rings. The summed E-state index contributed by atoms with van der Waals surface area (Å²) in [5, 5.41) is 3.43. The second kappa shape index (κ2) is 8.89. The van der Waals surface area contributed by atoms with E-state index in [2.05, 4.69) is 52.9 Å². The average molecular weight is 424 g/mol. The molecule has 0 radical (unpaired) electrons. The molecule has 1 unspecified atom stereocenters. The van der Waals surface area contributed by atoms with Crippen molar-refractivity contribution in [3.05, 3.63) is 59.4 Å². The summed E-state index contributed by atoms with van der Waals surface area (Å²) in [6.45, 7) is 4.41. The SMILES string of the molecule is CSCCCC1c2c(OC3CC4(CNC4)C3)ccnc2CCN1Cc1ccccc1. The van der Waals surface area contributed by atoms with E-state index in [0.29, 0.717) is 17.6 Å². The number of hydrogen-bond acceptors (Lipinski definition) is 5. The molecule has 1 aliphatic carbocycles. The molecule has 1 aromatic carbocycles. The van der Waals surface area contributed by atoms with Crippen molar-refractivity contribution < 1.29 is 4.74 Å². The van der Waals surface area contributed by atoms with Crippen molar-refractivity contribution in [1.29, 1.82) is 0 Å². The van der Waals surface area contributed by atoms with E-state index in [4.69, 9.17) is 9.72 Å². The van der Waals surface area contributed by atoms with E-state index in [1.165, 1.54) is 61.3 Å². The van der Waals surface area contributed by atoms with Gasteiger partial charge in [0.1, 0.15) is 5.75 Å². The molecule has 3 heterocycles. The van der Waals surface area contributed by atoms with Crippen LogP contribution in [-0.4, -0.2) is 47.6 Å². The normalized spacial score (nSPS) is 22.9. The minimum absolute atomic E-state index is 0.370. The van der Waals surface area contributed by atoms with Crippen LogP contribution < -0.4 is 10.1 Å². The number of ether oxygens (including phenoxy) is 1. The average Bonchev–Trinajstić information content (AvgIpc) is 2.71. The second-order valence-corrected chi connectivity index (χ2v) is 10.3. The molecule has 1 N–H and O–H groups in total. The fourth-order valence-corrected chi connectivity index (χ4v) is 5.89. The fourth-order valence-electron chi connectivity index (χ4n) is 5.43. The van der Waals surface area contributed by atoms with E-state index in [-0.39, 0.29) is 0 Å². The molecule has 5 rings (SSSR count). The summed E-state index contributed by atoms with van der Waals surface area (Å²) < 4.78 is 6.62. The highest BCUT2D eigenvalue weighted by Crippen LogP contribution is 2.47. The van der Waals surface area contributed by atoms with Gasteiger partial charge in [-0.15, -0.1) is 0 Å². The van der Waals surface area contributed by atoms with Gasteiger partial charge in [0.25, 0.3) is 0 Å². The highest BCUT2D eigenvalue weighted by Gasteiger charge is 2.50. The van der Waals surface area contributed by atoms with Crippen LogP contribution in [0.3, 0.4) is 0 Å². The Labute approximate surface area is 184 Å². The van der Waals surface area contributed by atoms with Crippen molar-refractivity contribution in [2.45, 2.75) is 50.8 Å². The van der Waals surface area contributed by atoms with Gasteiger partial charge in [-0.3, -0.25) is 9.88 Å². The Morgan fingerprint density at radius 3 is 2.77 bits per heavy atom. The van der Waals surface area contributed by atoms with Gasteiger partial charge >= 0.3 is 0 Å². The summed E-state index contributed by atoms with van der Waals surface area (Å²) in [7, 11) is 0. The molecular formula is C25H33N3OS. The number of nitrogens with one attached hydrogen (secondary N) is 1. The third-order valence-corrected chi connectivity index (χ3v) is 7.81. The van der Waals surface area contributed by atoms with Gasteiger partial charge in [-0.1, -0.05) is 30.3 Å². The van der Waals surface area contributed by atoms with Gasteiger partial charge in [0.2, 0.25) is 0 Å². The van der Waals surface area contributed by atoms with Crippen molar-refractivity contribution in [2.24, 2.45) is 5.41 Å². The zero-order valence-electron chi connectivity index (χ0n) is 18.0. The van der Waals surface area contributed by atoms with E-state index in [1.807, 2.05) is 18.0 Å². The van der Waals surface area contributed by atoms with Gasteiger partial charge in [-0.05, 0) is 49.3 Å². The van der Waals surface area contributed by atoms with Crippen LogP contribution in [0.2, 0.25) is 0 Å². The minimum atomic E-state index is 0.370. The molecule has 160 valence electrons.